The summed E-state index contributed by atoms with van der Waals surface area (Å²) < 4.78 is 112. The van der Waals surface area contributed by atoms with Gasteiger partial charge in [-0.2, -0.15) is 30.7 Å². The van der Waals surface area contributed by atoms with Crippen LogP contribution in [0.2, 0.25) is 0 Å². The molecule has 0 unspecified atom stereocenters. The van der Waals surface area contributed by atoms with Crippen molar-refractivity contribution in [1.82, 2.24) is 0 Å². The minimum Gasteiger partial charge on any atom is -0.189 e. The number of alkyl halides is 9. The summed E-state index contributed by atoms with van der Waals surface area (Å²) >= 11 is -1.84. The Morgan fingerprint density at radius 2 is 1.00 bits per heavy atom. The van der Waals surface area contributed by atoms with Gasteiger partial charge in [0, 0.05) is 0 Å². The van der Waals surface area contributed by atoms with Crippen molar-refractivity contribution >= 4 is 11.6 Å². The fraction of sp³-hybridized carbons (Fsp3) is 1.00. The van der Waals surface area contributed by atoms with Crippen molar-refractivity contribution in [2.45, 2.75) is 23.3 Å². The lowest BCUT2D eigenvalue weighted by Gasteiger charge is -2.26. The van der Waals surface area contributed by atoms with Crippen LogP contribution < -0.4 is 0 Å². The molecule has 11 heteroatoms. The quantitative estimate of drug-likeness (QED) is 0.599. The zero-order valence-electron chi connectivity index (χ0n) is 6.31. The molecule has 0 amide bonds. The van der Waals surface area contributed by atoms with Gasteiger partial charge in [-0.3, -0.25) is 0 Å². The van der Waals surface area contributed by atoms with E-state index in [9.17, 15) is 39.5 Å². The fourth-order valence-corrected chi connectivity index (χ4v) is 0.681. The number of hydrogen-bond donors (Lipinski definition) is 1. The van der Waals surface area contributed by atoms with Crippen LogP contribution in [-0.2, 0) is 11.6 Å². The van der Waals surface area contributed by atoms with Gasteiger partial charge in [-0.15, -0.1) is 8.78 Å². The Morgan fingerprint density at radius 1 is 0.667 bits per heavy atom. The summed E-state index contributed by atoms with van der Waals surface area (Å²) in [7, 11) is 0. The van der Waals surface area contributed by atoms with E-state index in [1.807, 2.05) is 0 Å². The van der Waals surface area contributed by atoms with E-state index in [1.165, 1.54) is 0 Å². The van der Waals surface area contributed by atoms with E-state index in [0.29, 0.717) is 0 Å². The first-order chi connectivity index (χ1) is 6.31. The molecule has 0 saturated carbocycles. The molecule has 90 valence electrons. The normalized spacial score (nSPS) is 15.3. The Labute approximate surface area is 80.2 Å². The van der Waals surface area contributed by atoms with Crippen LogP contribution in [0.5, 0.6) is 0 Å². The van der Waals surface area contributed by atoms with Gasteiger partial charge in [0.05, 0.1) is 0 Å². The Kier molecular flexibility index (Phi) is 3.31. The molecule has 0 bridgehead atoms. The lowest BCUT2D eigenvalue weighted by molar-refractivity contribution is -0.381. The molecule has 0 rings (SSSR count). The Bertz CT molecular complexity index is 255. The standard InChI is InChI=1S/C4HF9NS/c5-1(6,3(9,10)11)2(7,8)4(12,13)15-14/h14H/q+1. The molecule has 0 aliphatic rings. The van der Waals surface area contributed by atoms with Crippen LogP contribution in [0.3, 0.4) is 0 Å². The molecule has 0 radical (unpaired) electrons. The third-order valence-electron chi connectivity index (χ3n) is 1.24. The monoisotopic (exact) mass is 266 g/mol. The molecule has 0 aromatic rings. The van der Waals surface area contributed by atoms with Gasteiger partial charge in [-0.05, 0) is 4.78 Å². The van der Waals surface area contributed by atoms with Crippen molar-refractivity contribution in [3.8, 4) is 0 Å². The highest BCUT2D eigenvalue weighted by molar-refractivity contribution is 7.68. The summed E-state index contributed by atoms with van der Waals surface area (Å²) in [4.78, 5) is 0. The average Bonchev–Trinajstić information content (AvgIpc) is 2.01. The number of halogens is 9. The Balaban J connectivity index is 5.47. The van der Waals surface area contributed by atoms with Gasteiger partial charge in [0.2, 0.25) is 0 Å². The molecular formula is C4HF9NS+. The Morgan fingerprint density at radius 3 is 1.20 bits per heavy atom. The van der Waals surface area contributed by atoms with Crippen LogP contribution in [0.4, 0.5) is 39.5 Å². The predicted octanol–water partition coefficient (Wildman–Crippen LogP) is 3.26. The van der Waals surface area contributed by atoms with Crippen LogP contribution in [0.25, 0.3) is 0 Å². The van der Waals surface area contributed by atoms with Gasteiger partial charge in [0.1, 0.15) is 0 Å². The van der Waals surface area contributed by atoms with Gasteiger partial charge in [0.15, 0.2) is 0 Å². The molecule has 0 atom stereocenters. The first-order valence-electron chi connectivity index (χ1n) is 2.86. The van der Waals surface area contributed by atoms with Crippen molar-refractivity contribution in [3.05, 3.63) is 0 Å². The molecule has 0 saturated heterocycles. The summed E-state index contributed by atoms with van der Waals surface area (Å²) in [6.45, 7) is 0. The van der Waals surface area contributed by atoms with Crippen LogP contribution in [0.15, 0.2) is 0 Å². The second kappa shape index (κ2) is 3.46. The van der Waals surface area contributed by atoms with E-state index in [0.717, 1.165) is 0 Å². The van der Waals surface area contributed by atoms with Gasteiger partial charge in [-0.1, -0.05) is 0 Å². The van der Waals surface area contributed by atoms with E-state index in [1.54, 1.807) is 0 Å². The van der Waals surface area contributed by atoms with Gasteiger partial charge in [-0.25, -0.2) is 0 Å². The molecular weight excluding hydrogens is 265 g/mol. The zero-order valence-corrected chi connectivity index (χ0v) is 7.13. The minimum absolute atomic E-state index is 1.84. The van der Waals surface area contributed by atoms with E-state index < -0.39 is 34.8 Å². The molecule has 0 aromatic heterocycles. The van der Waals surface area contributed by atoms with Crippen molar-refractivity contribution in [2.75, 3.05) is 0 Å². The molecule has 0 heterocycles. The molecule has 0 fully saturated rings. The maximum absolute atomic E-state index is 12.1. The van der Waals surface area contributed by atoms with Gasteiger partial charge in [0.25, 0.3) is 0 Å². The molecule has 0 aromatic carbocycles. The van der Waals surface area contributed by atoms with Crippen molar-refractivity contribution in [2.24, 2.45) is 0 Å². The molecule has 15 heavy (non-hydrogen) atoms. The topological polar surface area (TPSA) is 23.9 Å². The largest absolute Gasteiger partial charge is 0.575 e. The number of nitrogens with one attached hydrogen (secondary N) is 1. The molecule has 0 spiro atoms. The van der Waals surface area contributed by atoms with Gasteiger partial charge >= 0.3 is 34.8 Å². The third-order valence-corrected chi connectivity index (χ3v) is 1.76. The highest BCUT2D eigenvalue weighted by atomic mass is 32.1. The van der Waals surface area contributed by atoms with E-state index in [2.05, 4.69) is 0 Å². The predicted molar refractivity (Wildman–Crippen MR) is 31.0 cm³/mol. The molecule has 1 N–H and O–H groups in total. The molecule has 1 nitrogen and oxygen atoms in total. The van der Waals surface area contributed by atoms with E-state index in [-0.39, 0.29) is 0 Å². The lowest BCUT2D eigenvalue weighted by Crippen LogP contribution is -2.60. The SMILES string of the molecule is N=[S+]C(F)(F)C(F)(F)C(F)(F)C(F)(F)F. The number of hydrogen-bond acceptors (Lipinski definition) is 1. The lowest BCUT2D eigenvalue weighted by atomic mass is 10.1. The fourth-order valence-electron chi connectivity index (χ4n) is 0.425. The smallest absolute Gasteiger partial charge is 0.189 e. The highest BCUT2D eigenvalue weighted by Crippen LogP contribution is 2.52. The third kappa shape index (κ3) is 2.01. The maximum Gasteiger partial charge on any atom is 0.575 e. The van der Waals surface area contributed by atoms with Gasteiger partial charge < -0.3 is 0 Å². The van der Waals surface area contributed by atoms with Crippen LogP contribution in [0, 0.1) is 4.78 Å². The average molecular weight is 266 g/mol. The van der Waals surface area contributed by atoms with Crippen LogP contribution in [-0.4, -0.2) is 23.3 Å². The van der Waals surface area contributed by atoms with E-state index in [4.69, 9.17) is 4.78 Å². The summed E-state index contributed by atoms with van der Waals surface area (Å²) in [5, 5.41) is -5.84. The van der Waals surface area contributed by atoms with Crippen molar-refractivity contribution in [3.63, 3.8) is 0 Å². The number of rotatable bonds is 3. The van der Waals surface area contributed by atoms with Crippen molar-refractivity contribution < 1.29 is 39.5 Å². The van der Waals surface area contributed by atoms with Crippen LogP contribution in [0.1, 0.15) is 0 Å². The zero-order chi connectivity index (χ0) is 12.7. The minimum atomic E-state index is -6.91. The summed E-state index contributed by atoms with van der Waals surface area (Å²) in [6, 6.07) is 0. The van der Waals surface area contributed by atoms with Crippen molar-refractivity contribution in [1.29, 1.82) is 4.78 Å². The van der Waals surface area contributed by atoms with E-state index >= 15 is 0 Å². The highest BCUT2D eigenvalue weighted by Gasteiger charge is 2.87. The molecule has 0 aliphatic heterocycles. The second-order valence-corrected chi connectivity index (χ2v) is 2.98. The Hall–Kier alpha value is -0.610. The van der Waals surface area contributed by atoms with Crippen LogP contribution >= 0.6 is 0 Å². The second-order valence-electron chi connectivity index (χ2n) is 2.27. The molecule has 0 aliphatic carbocycles. The maximum atomic E-state index is 12.1. The summed E-state index contributed by atoms with van der Waals surface area (Å²) in [6.07, 6.45) is -6.82. The first-order valence-corrected chi connectivity index (χ1v) is 3.68. The summed E-state index contributed by atoms with van der Waals surface area (Å²) in [5.41, 5.74) is 0. The first kappa shape index (κ1) is 14.4. The summed E-state index contributed by atoms with van der Waals surface area (Å²) in [5.74, 6) is -13.6.